The van der Waals surface area contributed by atoms with Gasteiger partial charge < -0.3 is 14.2 Å². The molecule has 17 heavy (non-hydrogen) atoms. The Morgan fingerprint density at radius 1 is 1.53 bits per heavy atom. The molecule has 0 aliphatic rings. The van der Waals surface area contributed by atoms with Gasteiger partial charge in [0.1, 0.15) is 11.2 Å². The number of fused-ring (bicyclic) bond motifs is 1. The summed E-state index contributed by atoms with van der Waals surface area (Å²) in [4.78, 5) is 13.8. The topological polar surface area (TPSA) is 51.8 Å². The van der Waals surface area contributed by atoms with Crippen LogP contribution in [0.4, 0.5) is 0 Å². The minimum absolute atomic E-state index is 0.0427. The smallest absolute Gasteiger partial charge is 0.259 e. The van der Waals surface area contributed by atoms with Crippen LogP contribution >= 0.6 is 0 Å². The fourth-order valence-electron chi connectivity index (χ4n) is 1.74. The maximum absolute atomic E-state index is 12.2. The van der Waals surface area contributed by atoms with E-state index in [9.17, 15) is 4.79 Å². The van der Waals surface area contributed by atoms with Gasteiger partial charge in [0.25, 0.3) is 5.91 Å². The quantitative estimate of drug-likeness (QED) is 0.771. The number of aromatic nitrogens is 3. The molecule has 2 heterocycles. The van der Waals surface area contributed by atoms with E-state index in [0.717, 1.165) is 5.65 Å². The molecule has 0 fully saturated rings. The third-order valence-corrected chi connectivity index (χ3v) is 2.74. The van der Waals surface area contributed by atoms with E-state index in [1.165, 1.54) is 0 Å². The summed E-state index contributed by atoms with van der Waals surface area (Å²) in [5.74, 6) is -0.0427. The number of hydrogen-bond donors (Lipinski definition) is 0. The lowest BCUT2D eigenvalue weighted by Crippen LogP contribution is -2.30. The zero-order chi connectivity index (χ0) is 12.4. The van der Waals surface area contributed by atoms with Crippen molar-refractivity contribution in [2.45, 2.75) is 0 Å². The summed E-state index contributed by atoms with van der Waals surface area (Å²) in [5.41, 5.74) is 1.41. The van der Waals surface area contributed by atoms with Crippen molar-refractivity contribution in [3.05, 3.63) is 24.2 Å². The predicted octanol–water partition coefficient (Wildman–Crippen LogP) is 0.391. The number of aryl methyl sites for hydroxylation is 1. The molecule has 92 valence electrons. The number of rotatable bonds is 4. The van der Waals surface area contributed by atoms with Crippen LogP contribution in [-0.4, -0.2) is 52.3 Å². The maximum atomic E-state index is 12.2. The highest BCUT2D eigenvalue weighted by Gasteiger charge is 2.18. The van der Waals surface area contributed by atoms with Crippen LogP contribution in [0.2, 0.25) is 0 Å². The Balaban J connectivity index is 2.27. The average molecular weight is 236 g/mol. The minimum atomic E-state index is -0.0427. The molecule has 0 radical (unpaired) electrons. The van der Waals surface area contributed by atoms with Crippen LogP contribution in [0.5, 0.6) is 0 Å². The fraction of sp³-hybridized carbons (Fsp3) is 0.455. The van der Waals surface area contributed by atoms with Gasteiger partial charge >= 0.3 is 0 Å². The Labute approximate surface area is 99.4 Å². The second-order valence-corrected chi connectivity index (χ2v) is 3.95. The van der Waals surface area contributed by atoms with Gasteiger partial charge in [0.05, 0.1) is 12.8 Å². The van der Waals surface area contributed by atoms with Crippen LogP contribution in [-0.2, 0) is 11.8 Å². The van der Waals surface area contributed by atoms with Crippen molar-refractivity contribution in [3.63, 3.8) is 0 Å². The molecule has 0 aliphatic heterocycles. The van der Waals surface area contributed by atoms with Gasteiger partial charge in [0.2, 0.25) is 0 Å². The standard InChI is InChI=1S/C11H16N4O2/c1-13-4-5-15-10(13)9(8-12-15)11(16)14(2)6-7-17-3/h4-5,8H,6-7H2,1-3H3. The number of likely N-dealkylation sites (N-methyl/N-ethyl adjacent to an activating group) is 1. The molecule has 0 bridgehead atoms. The van der Waals surface area contributed by atoms with Crippen molar-refractivity contribution in [1.29, 1.82) is 0 Å². The number of carbonyl (C=O) groups excluding carboxylic acids is 1. The van der Waals surface area contributed by atoms with E-state index < -0.39 is 0 Å². The molecule has 6 heteroatoms. The molecular formula is C11H16N4O2. The molecule has 0 N–H and O–H groups in total. The van der Waals surface area contributed by atoms with Gasteiger partial charge in [-0.25, -0.2) is 4.52 Å². The zero-order valence-electron chi connectivity index (χ0n) is 10.3. The minimum Gasteiger partial charge on any atom is -0.383 e. The first-order valence-electron chi connectivity index (χ1n) is 5.38. The molecular weight excluding hydrogens is 220 g/mol. The van der Waals surface area contributed by atoms with Gasteiger partial charge in [-0.3, -0.25) is 4.79 Å². The third-order valence-electron chi connectivity index (χ3n) is 2.74. The number of carbonyl (C=O) groups is 1. The first kappa shape index (κ1) is 11.7. The van der Waals surface area contributed by atoms with Crippen molar-refractivity contribution in [2.24, 2.45) is 7.05 Å². The average Bonchev–Trinajstić information content (AvgIpc) is 2.89. The highest BCUT2D eigenvalue weighted by atomic mass is 16.5. The molecule has 0 unspecified atom stereocenters. The van der Waals surface area contributed by atoms with E-state index >= 15 is 0 Å². The lowest BCUT2D eigenvalue weighted by Gasteiger charge is -2.15. The van der Waals surface area contributed by atoms with Crippen LogP contribution in [0, 0.1) is 0 Å². The van der Waals surface area contributed by atoms with E-state index in [-0.39, 0.29) is 5.91 Å². The summed E-state index contributed by atoms with van der Waals surface area (Å²) in [6, 6.07) is 0. The molecule has 0 aromatic carbocycles. The van der Waals surface area contributed by atoms with Crippen molar-refractivity contribution in [1.82, 2.24) is 19.1 Å². The molecule has 1 amide bonds. The molecule has 0 aliphatic carbocycles. The fourth-order valence-corrected chi connectivity index (χ4v) is 1.74. The van der Waals surface area contributed by atoms with Gasteiger partial charge in [-0.1, -0.05) is 0 Å². The number of imidazole rings is 1. The maximum Gasteiger partial charge on any atom is 0.259 e. The molecule has 0 saturated heterocycles. The van der Waals surface area contributed by atoms with E-state index in [1.54, 1.807) is 29.8 Å². The van der Waals surface area contributed by atoms with Gasteiger partial charge in [-0.2, -0.15) is 5.10 Å². The summed E-state index contributed by atoms with van der Waals surface area (Å²) in [6.45, 7) is 1.09. The first-order chi connectivity index (χ1) is 8.15. The Hall–Kier alpha value is -1.82. The normalized spacial score (nSPS) is 11.0. The van der Waals surface area contributed by atoms with E-state index in [2.05, 4.69) is 5.10 Å². The van der Waals surface area contributed by atoms with Gasteiger partial charge in [-0.05, 0) is 0 Å². The SMILES string of the molecule is COCCN(C)C(=O)c1cnn2ccn(C)c12. The second-order valence-electron chi connectivity index (χ2n) is 3.95. The van der Waals surface area contributed by atoms with E-state index in [0.29, 0.717) is 18.7 Å². The molecule has 0 saturated carbocycles. The number of nitrogens with zero attached hydrogens (tertiary/aromatic N) is 4. The van der Waals surface area contributed by atoms with Crippen LogP contribution in [0.1, 0.15) is 10.4 Å². The van der Waals surface area contributed by atoms with E-state index in [4.69, 9.17) is 4.74 Å². The third kappa shape index (κ3) is 2.03. The van der Waals surface area contributed by atoms with Crippen molar-refractivity contribution < 1.29 is 9.53 Å². The Bertz CT molecular complexity index is 529. The number of methoxy groups -OCH3 is 1. The summed E-state index contributed by atoms with van der Waals surface area (Å²) < 4.78 is 8.53. The molecule has 2 aromatic heterocycles. The Morgan fingerprint density at radius 3 is 3.00 bits per heavy atom. The Kier molecular flexibility index (Phi) is 3.14. The lowest BCUT2D eigenvalue weighted by atomic mass is 10.3. The number of ether oxygens (including phenoxy) is 1. The first-order valence-corrected chi connectivity index (χ1v) is 5.38. The molecule has 2 rings (SSSR count). The summed E-state index contributed by atoms with van der Waals surface area (Å²) in [5, 5.41) is 4.14. The summed E-state index contributed by atoms with van der Waals surface area (Å²) in [6.07, 6.45) is 5.29. The highest BCUT2D eigenvalue weighted by Crippen LogP contribution is 2.12. The van der Waals surface area contributed by atoms with Gasteiger partial charge in [-0.15, -0.1) is 0 Å². The van der Waals surface area contributed by atoms with Gasteiger partial charge in [0.15, 0.2) is 0 Å². The molecule has 0 spiro atoms. The molecule has 2 aromatic rings. The predicted molar refractivity (Wildman–Crippen MR) is 63.0 cm³/mol. The van der Waals surface area contributed by atoms with Gasteiger partial charge in [0, 0.05) is 40.1 Å². The molecule has 6 nitrogen and oxygen atoms in total. The highest BCUT2D eigenvalue weighted by molar-refractivity contribution is 5.99. The van der Waals surface area contributed by atoms with E-state index in [1.807, 2.05) is 24.0 Å². The number of amides is 1. The summed E-state index contributed by atoms with van der Waals surface area (Å²) >= 11 is 0. The van der Waals surface area contributed by atoms with Crippen LogP contribution in [0.3, 0.4) is 0 Å². The lowest BCUT2D eigenvalue weighted by molar-refractivity contribution is 0.0745. The van der Waals surface area contributed by atoms with Crippen molar-refractivity contribution in [2.75, 3.05) is 27.3 Å². The molecule has 0 atom stereocenters. The summed E-state index contributed by atoms with van der Waals surface area (Å²) in [7, 11) is 5.27. The van der Waals surface area contributed by atoms with Crippen LogP contribution < -0.4 is 0 Å². The Morgan fingerprint density at radius 2 is 2.29 bits per heavy atom. The van der Waals surface area contributed by atoms with Crippen molar-refractivity contribution in [3.8, 4) is 0 Å². The monoisotopic (exact) mass is 236 g/mol. The van der Waals surface area contributed by atoms with Crippen LogP contribution in [0.25, 0.3) is 5.65 Å². The second kappa shape index (κ2) is 4.58. The zero-order valence-corrected chi connectivity index (χ0v) is 10.3. The van der Waals surface area contributed by atoms with Crippen molar-refractivity contribution >= 4 is 11.6 Å². The largest absolute Gasteiger partial charge is 0.383 e. The number of hydrogen-bond acceptors (Lipinski definition) is 3. The van der Waals surface area contributed by atoms with Crippen LogP contribution in [0.15, 0.2) is 18.6 Å².